The minimum atomic E-state index is -0.224. The summed E-state index contributed by atoms with van der Waals surface area (Å²) in [6, 6.07) is 18.2. The van der Waals surface area contributed by atoms with E-state index in [0.29, 0.717) is 30.0 Å². The molecule has 0 aliphatic carbocycles. The Kier molecular flexibility index (Phi) is 6.75. The highest BCUT2D eigenvalue weighted by atomic mass is 16.2. The third-order valence-corrected chi connectivity index (χ3v) is 5.03. The first-order chi connectivity index (χ1) is 16.1. The van der Waals surface area contributed by atoms with Crippen molar-refractivity contribution >= 4 is 23.2 Å². The summed E-state index contributed by atoms with van der Waals surface area (Å²) in [5.41, 5.74) is 10.3. The molecule has 8 heteroatoms. The summed E-state index contributed by atoms with van der Waals surface area (Å²) in [5.74, 6) is -0.300. The average Bonchev–Trinajstić information content (AvgIpc) is 3.27. The summed E-state index contributed by atoms with van der Waals surface area (Å²) < 4.78 is 1.77. The Morgan fingerprint density at radius 1 is 0.909 bits per heavy atom. The predicted molar refractivity (Wildman–Crippen MR) is 126 cm³/mol. The number of hydrogen-bond donors (Lipinski definition) is 3. The number of carbonyl (C=O) groups is 2. The number of para-hydroxylation sites is 2. The van der Waals surface area contributed by atoms with Crippen LogP contribution in [-0.2, 0) is 24.3 Å². The molecular formula is C25H24N6O2. The molecule has 2 aromatic heterocycles. The van der Waals surface area contributed by atoms with E-state index in [9.17, 15) is 9.59 Å². The first kappa shape index (κ1) is 21.8. The van der Waals surface area contributed by atoms with Crippen molar-refractivity contribution in [2.75, 3.05) is 11.1 Å². The Balaban J connectivity index is 1.29. The molecule has 4 N–H and O–H groups in total. The van der Waals surface area contributed by atoms with E-state index in [0.717, 1.165) is 16.7 Å². The first-order valence-corrected chi connectivity index (χ1v) is 10.5. The zero-order valence-corrected chi connectivity index (χ0v) is 17.9. The van der Waals surface area contributed by atoms with Crippen molar-refractivity contribution < 1.29 is 9.59 Å². The van der Waals surface area contributed by atoms with Crippen LogP contribution in [0.5, 0.6) is 0 Å². The molecule has 166 valence electrons. The van der Waals surface area contributed by atoms with E-state index in [-0.39, 0.29) is 18.2 Å². The molecular weight excluding hydrogens is 416 g/mol. The van der Waals surface area contributed by atoms with Crippen molar-refractivity contribution in [3.05, 3.63) is 108 Å². The van der Waals surface area contributed by atoms with Crippen molar-refractivity contribution in [2.45, 2.75) is 19.5 Å². The predicted octanol–water partition coefficient (Wildman–Crippen LogP) is 3.02. The molecule has 0 aliphatic heterocycles. The second-order valence-corrected chi connectivity index (χ2v) is 7.60. The van der Waals surface area contributed by atoms with E-state index in [4.69, 9.17) is 5.73 Å². The van der Waals surface area contributed by atoms with Crippen LogP contribution in [0.4, 0.5) is 11.4 Å². The van der Waals surface area contributed by atoms with Gasteiger partial charge in [0, 0.05) is 30.7 Å². The number of aromatic nitrogens is 3. The lowest BCUT2D eigenvalue weighted by Gasteiger charge is -2.08. The van der Waals surface area contributed by atoms with Gasteiger partial charge in [-0.2, -0.15) is 5.10 Å². The molecule has 0 atom stereocenters. The fraction of sp³-hybridized carbons (Fsp3) is 0.120. The Bertz CT molecular complexity index is 1240. The van der Waals surface area contributed by atoms with E-state index < -0.39 is 0 Å². The van der Waals surface area contributed by atoms with Gasteiger partial charge in [0.1, 0.15) is 0 Å². The first-order valence-electron chi connectivity index (χ1n) is 10.5. The van der Waals surface area contributed by atoms with Crippen LogP contribution in [-0.4, -0.2) is 26.6 Å². The molecule has 0 fully saturated rings. The molecule has 0 spiro atoms. The molecule has 8 nitrogen and oxygen atoms in total. The topological polar surface area (TPSA) is 115 Å². The highest BCUT2D eigenvalue weighted by Crippen LogP contribution is 2.18. The lowest BCUT2D eigenvalue weighted by molar-refractivity contribution is -0.120. The van der Waals surface area contributed by atoms with Crippen molar-refractivity contribution in [1.29, 1.82) is 0 Å². The zero-order chi connectivity index (χ0) is 23.0. The van der Waals surface area contributed by atoms with E-state index in [1.54, 1.807) is 47.5 Å². The Labute approximate surface area is 191 Å². The molecule has 0 unspecified atom stereocenters. The van der Waals surface area contributed by atoms with E-state index in [1.807, 2.05) is 42.6 Å². The number of nitrogen functional groups attached to an aromatic ring is 1. The van der Waals surface area contributed by atoms with E-state index >= 15 is 0 Å². The second kappa shape index (κ2) is 10.2. The van der Waals surface area contributed by atoms with Crippen LogP contribution >= 0.6 is 0 Å². The van der Waals surface area contributed by atoms with Gasteiger partial charge in [-0.1, -0.05) is 30.3 Å². The van der Waals surface area contributed by atoms with E-state index in [1.165, 1.54) is 0 Å². The number of anilines is 2. The van der Waals surface area contributed by atoms with E-state index in [2.05, 4.69) is 20.7 Å². The van der Waals surface area contributed by atoms with Crippen LogP contribution in [0.25, 0.3) is 0 Å². The number of benzene rings is 2. The SMILES string of the molecule is Nc1ccccc1NC(=O)c1ccc(Cn2cc(CC(=O)NCc3cccnc3)cn2)cc1. The van der Waals surface area contributed by atoms with Gasteiger partial charge in [0.25, 0.3) is 5.91 Å². The molecule has 0 radical (unpaired) electrons. The number of amides is 2. The number of carbonyl (C=O) groups excluding carboxylic acids is 2. The maximum absolute atomic E-state index is 12.5. The van der Waals surface area contributed by atoms with Crippen LogP contribution in [0.2, 0.25) is 0 Å². The van der Waals surface area contributed by atoms with Gasteiger partial charge in [-0.05, 0) is 47.0 Å². The van der Waals surface area contributed by atoms with Gasteiger partial charge >= 0.3 is 0 Å². The van der Waals surface area contributed by atoms with Gasteiger partial charge in [-0.3, -0.25) is 19.3 Å². The summed E-state index contributed by atoms with van der Waals surface area (Å²) in [5, 5.41) is 10.0. The molecule has 0 saturated heterocycles. The lowest BCUT2D eigenvalue weighted by Crippen LogP contribution is -2.24. The van der Waals surface area contributed by atoms with Gasteiger partial charge < -0.3 is 16.4 Å². The number of nitrogens with zero attached hydrogens (tertiary/aromatic N) is 3. The highest BCUT2D eigenvalue weighted by Gasteiger charge is 2.09. The van der Waals surface area contributed by atoms with Crippen LogP contribution in [0.15, 0.2) is 85.5 Å². The molecule has 2 amide bonds. The third kappa shape index (κ3) is 6.04. The molecule has 33 heavy (non-hydrogen) atoms. The number of pyridine rings is 1. The second-order valence-electron chi connectivity index (χ2n) is 7.60. The fourth-order valence-electron chi connectivity index (χ4n) is 3.29. The monoisotopic (exact) mass is 440 g/mol. The number of hydrogen-bond acceptors (Lipinski definition) is 5. The molecule has 0 saturated carbocycles. The number of rotatable bonds is 8. The quantitative estimate of drug-likeness (QED) is 0.364. The van der Waals surface area contributed by atoms with Crippen LogP contribution < -0.4 is 16.4 Å². The summed E-state index contributed by atoms with van der Waals surface area (Å²) >= 11 is 0. The van der Waals surface area contributed by atoms with Gasteiger partial charge in [0.05, 0.1) is 30.5 Å². The van der Waals surface area contributed by atoms with Crippen LogP contribution in [0, 0.1) is 0 Å². The minimum Gasteiger partial charge on any atom is -0.397 e. The van der Waals surface area contributed by atoms with Gasteiger partial charge in [-0.15, -0.1) is 0 Å². The maximum Gasteiger partial charge on any atom is 0.255 e. The Morgan fingerprint density at radius 3 is 2.48 bits per heavy atom. The van der Waals surface area contributed by atoms with Gasteiger partial charge in [-0.25, -0.2) is 0 Å². The molecule has 4 aromatic rings. The molecule has 0 bridgehead atoms. The summed E-state index contributed by atoms with van der Waals surface area (Å²) in [7, 11) is 0. The summed E-state index contributed by atoms with van der Waals surface area (Å²) in [6.07, 6.45) is 7.22. The van der Waals surface area contributed by atoms with Crippen LogP contribution in [0.1, 0.15) is 27.0 Å². The average molecular weight is 441 g/mol. The third-order valence-electron chi connectivity index (χ3n) is 5.03. The van der Waals surface area contributed by atoms with Crippen molar-refractivity contribution in [3.8, 4) is 0 Å². The van der Waals surface area contributed by atoms with Crippen molar-refractivity contribution in [2.24, 2.45) is 0 Å². The lowest BCUT2D eigenvalue weighted by atomic mass is 10.1. The van der Waals surface area contributed by atoms with Crippen LogP contribution in [0.3, 0.4) is 0 Å². The van der Waals surface area contributed by atoms with Gasteiger partial charge in [0.15, 0.2) is 0 Å². The highest BCUT2D eigenvalue weighted by molar-refractivity contribution is 6.05. The fourth-order valence-corrected chi connectivity index (χ4v) is 3.29. The summed E-state index contributed by atoms with van der Waals surface area (Å²) in [4.78, 5) is 28.7. The molecule has 2 heterocycles. The smallest absolute Gasteiger partial charge is 0.255 e. The molecule has 2 aromatic carbocycles. The Morgan fingerprint density at radius 2 is 1.73 bits per heavy atom. The number of nitrogens with one attached hydrogen (secondary N) is 2. The van der Waals surface area contributed by atoms with Crippen molar-refractivity contribution in [3.63, 3.8) is 0 Å². The molecule has 0 aliphatic rings. The molecule has 4 rings (SSSR count). The largest absolute Gasteiger partial charge is 0.397 e. The minimum absolute atomic E-state index is 0.0761. The van der Waals surface area contributed by atoms with Gasteiger partial charge in [0.2, 0.25) is 5.91 Å². The summed E-state index contributed by atoms with van der Waals surface area (Å²) in [6.45, 7) is 0.975. The Hall–Kier alpha value is -4.46. The van der Waals surface area contributed by atoms with Crippen molar-refractivity contribution in [1.82, 2.24) is 20.1 Å². The standard InChI is InChI=1S/C25H24N6O2/c26-22-5-1-2-6-23(22)30-25(33)21-9-7-18(8-10-21)16-31-17-20(15-29-31)12-24(32)28-14-19-4-3-11-27-13-19/h1-11,13,15,17H,12,14,16,26H2,(H,28,32)(H,30,33). The maximum atomic E-state index is 12.5. The number of nitrogens with two attached hydrogens (primary N) is 1. The zero-order valence-electron chi connectivity index (χ0n) is 17.9. The normalized spacial score (nSPS) is 10.5.